The number of rotatable bonds is 10. The molecule has 2 N–H and O–H groups in total. The van der Waals surface area contributed by atoms with Crippen molar-refractivity contribution in [3.8, 4) is 11.5 Å². The Kier molecular flexibility index (Phi) is 8.90. The van der Waals surface area contributed by atoms with E-state index in [-0.39, 0.29) is 0 Å². The summed E-state index contributed by atoms with van der Waals surface area (Å²) in [6.45, 7) is 0. The number of ketones is 2. The zero-order valence-electron chi connectivity index (χ0n) is 21.3. The van der Waals surface area contributed by atoms with Crippen molar-refractivity contribution in [2.75, 3.05) is 28.4 Å². The van der Waals surface area contributed by atoms with Crippen LogP contribution in [0.25, 0.3) is 0 Å². The van der Waals surface area contributed by atoms with Gasteiger partial charge in [-0.05, 0) is 35.4 Å². The molecule has 0 amide bonds. The number of allylic oxidation sites excluding steroid dienone is 2. The third kappa shape index (κ3) is 5.69. The van der Waals surface area contributed by atoms with Crippen LogP contribution in [0.2, 0.25) is 0 Å². The molecule has 2 aromatic carbocycles. The molecule has 1 aliphatic carbocycles. The van der Waals surface area contributed by atoms with Crippen LogP contribution in [-0.4, -0.2) is 62.2 Å². The fourth-order valence-corrected chi connectivity index (χ4v) is 4.31. The molecule has 10 heteroatoms. The number of carbonyl (C=O) groups is 4. The van der Waals surface area contributed by atoms with Crippen LogP contribution in [0.15, 0.2) is 71.2 Å². The third-order valence-electron chi connectivity index (χ3n) is 6.36. The number of hydrogen-bond acceptors (Lipinski definition) is 10. The van der Waals surface area contributed by atoms with Gasteiger partial charge >= 0.3 is 11.9 Å². The van der Waals surface area contributed by atoms with E-state index in [0.29, 0.717) is 22.6 Å². The molecule has 0 radical (unpaired) electrons. The quantitative estimate of drug-likeness (QED) is 0.350. The number of aliphatic hydroxyl groups excluding tert-OH is 2. The average Bonchev–Trinajstić information content (AvgIpc) is 2.95. The highest BCUT2D eigenvalue weighted by Gasteiger charge is 2.43. The molecule has 2 aromatic rings. The molecule has 3 rings (SSSR count). The van der Waals surface area contributed by atoms with Crippen LogP contribution in [-0.2, 0) is 28.7 Å². The first-order valence-corrected chi connectivity index (χ1v) is 11.5. The molecule has 1 aliphatic rings. The highest BCUT2D eigenvalue weighted by atomic mass is 16.5. The Balaban J connectivity index is 2.13. The first kappa shape index (κ1) is 28.0. The van der Waals surface area contributed by atoms with E-state index < -0.39 is 70.8 Å². The van der Waals surface area contributed by atoms with E-state index in [0.717, 1.165) is 14.2 Å². The normalized spacial score (nSPS) is 15.2. The van der Waals surface area contributed by atoms with E-state index in [1.165, 1.54) is 14.2 Å². The highest BCUT2D eigenvalue weighted by Crippen LogP contribution is 2.41. The van der Waals surface area contributed by atoms with Crippen molar-refractivity contribution >= 4 is 23.5 Å². The lowest BCUT2D eigenvalue weighted by molar-refractivity contribution is -0.142. The fraction of sp³-hybridized carbons (Fsp3) is 0.286. The lowest BCUT2D eigenvalue weighted by Gasteiger charge is -2.27. The number of aliphatic hydroxyl groups is 2. The maximum Gasteiger partial charge on any atom is 0.306 e. The van der Waals surface area contributed by atoms with Gasteiger partial charge < -0.3 is 29.2 Å². The van der Waals surface area contributed by atoms with Crippen molar-refractivity contribution in [2.24, 2.45) is 0 Å². The third-order valence-corrected chi connectivity index (χ3v) is 6.36. The maximum absolute atomic E-state index is 13.5. The van der Waals surface area contributed by atoms with Gasteiger partial charge in [-0.25, -0.2) is 0 Å². The Hall–Kier alpha value is -4.60. The van der Waals surface area contributed by atoms with E-state index in [9.17, 15) is 29.4 Å². The van der Waals surface area contributed by atoms with Crippen LogP contribution < -0.4 is 9.47 Å². The summed E-state index contributed by atoms with van der Waals surface area (Å²) in [6, 6.07) is 12.6. The predicted molar refractivity (Wildman–Crippen MR) is 134 cm³/mol. The van der Waals surface area contributed by atoms with Gasteiger partial charge in [-0.1, -0.05) is 24.3 Å². The average molecular weight is 525 g/mol. The lowest BCUT2D eigenvalue weighted by atomic mass is 9.76. The van der Waals surface area contributed by atoms with E-state index in [1.54, 1.807) is 48.5 Å². The van der Waals surface area contributed by atoms with Gasteiger partial charge in [0.05, 0.1) is 52.4 Å². The number of Topliss-reactive ketones (excluding diaryl/α,β-unsaturated/α-hetero) is 2. The topological polar surface area (TPSA) is 146 Å². The van der Waals surface area contributed by atoms with Gasteiger partial charge in [0.15, 0.2) is 11.5 Å². The molecule has 0 aliphatic heterocycles. The van der Waals surface area contributed by atoms with Gasteiger partial charge in [-0.3, -0.25) is 19.2 Å². The molecule has 38 heavy (non-hydrogen) atoms. The van der Waals surface area contributed by atoms with Crippen molar-refractivity contribution in [1.29, 1.82) is 0 Å². The van der Waals surface area contributed by atoms with E-state index in [2.05, 4.69) is 0 Å². The fourth-order valence-electron chi connectivity index (χ4n) is 4.31. The van der Waals surface area contributed by atoms with Gasteiger partial charge in [0.2, 0.25) is 11.6 Å². The zero-order valence-corrected chi connectivity index (χ0v) is 21.3. The molecule has 0 spiro atoms. The molecule has 0 saturated carbocycles. The first-order valence-electron chi connectivity index (χ1n) is 11.5. The summed E-state index contributed by atoms with van der Waals surface area (Å²) in [7, 11) is 5.27. The van der Waals surface area contributed by atoms with E-state index in [1.807, 2.05) is 0 Å². The SMILES string of the molecule is COC(=O)C[C@H](C1=C(O)C(=O)C([C@@H](CC(=O)OC)c2ccc(OC)cc2)=C(O)C1=O)c1ccc(OC)cc1. The molecule has 0 aromatic heterocycles. The summed E-state index contributed by atoms with van der Waals surface area (Å²) < 4.78 is 19.8. The second-order valence-electron chi connectivity index (χ2n) is 8.39. The number of methoxy groups -OCH3 is 4. The van der Waals surface area contributed by atoms with Gasteiger partial charge in [-0.15, -0.1) is 0 Å². The van der Waals surface area contributed by atoms with Crippen molar-refractivity contribution in [1.82, 2.24) is 0 Å². The van der Waals surface area contributed by atoms with Crippen LogP contribution in [0, 0.1) is 0 Å². The molecule has 0 fully saturated rings. The Bertz CT molecular complexity index is 1180. The van der Waals surface area contributed by atoms with Gasteiger partial charge in [0.1, 0.15) is 11.5 Å². The second-order valence-corrected chi connectivity index (χ2v) is 8.39. The molecule has 0 unspecified atom stereocenters. The Morgan fingerprint density at radius 3 is 1.21 bits per heavy atom. The Morgan fingerprint density at radius 1 is 0.632 bits per heavy atom. The zero-order chi connectivity index (χ0) is 28.0. The molecule has 200 valence electrons. The van der Waals surface area contributed by atoms with Crippen molar-refractivity contribution in [3.05, 3.63) is 82.3 Å². The van der Waals surface area contributed by atoms with Crippen molar-refractivity contribution in [2.45, 2.75) is 24.7 Å². The van der Waals surface area contributed by atoms with Crippen LogP contribution >= 0.6 is 0 Å². The standard InChI is InChI=1S/C28H28O10/c1-35-17-9-5-15(6-10-17)19(13-21(29)37-3)23-25(31)27(33)24(28(34)26(23)32)20(14-22(30)38-4)16-7-11-18(36-2)12-8-16/h5-12,19-20,31,34H,13-14H2,1-4H3/t19-,20-/m0/s1. The number of carbonyl (C=O) groups excluding carboxylic acids is 4. The highest BCUT2D eigenvalue weighted by molar-refractivity contribution is 6.24. The predicted octanol–water partition coefficient (Wildman–Crippen LogP) is 3.47. The minimum absolute atomic E-state index is 0.395. The summed E-state index contributed by atoms with van der Waals surface area (Å²) in [5.74, 6) is -6.61. The molecular formula is C28H28O10. The van der Waals surface area contributed by atoms with E-state index in [4.69, 9.17) is 18.9 Å². The first-order chi connectivity index (χ1) is 18.2. The summed E-state index contributed by atoms with van der Waals surface area (Å²) in [4.78, 5) is 51.4. The summed E-state index contributed by atoms with van der Waals surface area (Å²) in [5.41, 5.74) is -0.121. The van der Waals surface area contributed by atoms with Gasteiger partial charge in [-0.2, -0.15) is 0 Å². The summed E-state index contributed by atoms with van der Waals surface area (Å²) in [6.07, 6.45) is -0.790. The van der Waals surface area contributed by atoms with Gasteiger partial charge in [0, 0.05) is 11.8 Å². The smallest absolute Gasteiger partial charge is 0.306 e. The summed E-state index contributed by atoms with van der Waals surface area (Å²) >= 11 is 0. The monoisotopic (exact) mass is 524 g/mol. The molecule has 0 heterocycles. The van der Waals surface area contributed by atoms with E-state index >= 15 is 0 Å². The maximum atomic E-state index is 13.5. The van der Waals surface area contributed by atoms with Gasteiger partial charge in [0.25, 0.3) is 0 Å². The molecule has 2 atom stereocenters. The van der Waals surface area contributed by atoms with Crippen molar-refractivity contribution in [3.63, 3.8) is 0 Å². The summed E-state index contributed by atoms with van der Waals surface area (Å²) in [5, 5.41) is 22.1. The molecule has 10 nitrogen and oxygen atoms in total. The van der Waals surface area contributed by atoms with Crippen LogP contribution in [0.3, 0.4) is 0 Å². The van der Waals surface area contributed by atoms with Crippen molar-refractivity contribution < 1.29 is 48.3 Å². The number of esters is 2. The molecule has 0 bridgehead atoms. The minimum atomic E-state index is -1.12. The van der Waals surface area contributed by atoms with Crippen LogP contribution in [0.5, 0.6) is 11.5 Å². The molecule has 0 saturated heterocycles. The number of benzene rings is 2. The Morgan fingerprint density at radius 2 is 0.947 bits per heavy atom. The minimum Gasteiger partial charge on any atom is -0.504 e. The lowest BCUT2D eigenvalue weighted by Crippen LogP contribution is -2.31. The largest absolute Gasteiger partial charge is 0.504 e. The second kappa shape index (κ2) is 12.1. The number of hydrogen-bond donors (Lipinski definition) is 2. The number of ether oxygens (including phenoxy) is 4. The van der Waals surface area contributed by atoms with Crippen LogP contribution in [0.4, 0.5) is 0 Å². The Labute approximate surface area is 219 Å². The molecular weight excluding hydrogens is 496 g/mol. The van der Waals surface area contributed by atoms with Crippen LogP contribution in [0.1, 0.15) is 35.8 Å².